The first-order valence-corrected chi connectivity index (χ1v) is 10.1. The fourth-order valence-electron chi connectivity index (χ4n) is 3.33. The van der Waals surface area contributed by atoms with Crippen LogP contribution in [0.3, 0.4) is 0 Å². The van der Waals surface area contributed by atoms with Gasteiger partial charge in [0, 0.05) is 30.1 Å². The van der Waals surface area contributed by atoms with Crippen molar-refractivity contribution in [3.63, 3.8) is 0 Å². The highest BCUT2D eigenvalue weighted by Gasteiger charge is 2.15. The molecule has 0 atom stereocenters. The maximum atomic E-state index is 12.0. The summed E-state index contributed by atoms with van der Waals surface area (Å²) in [6.45, 7) is 2.43. The van der Waals surface area contributed by atoms with Crippen LogP contribution in [0.2, 0.25) is 0 Å². The smallest absolute Gasteiger partial charge is 0.411 e. The number of amides is 1. The van der Waals surface area contributed by atoms with Gasteiger partial charge >= 0.3 is 12.1 Å². The number of aromatic nitrogens is 2. The van der Waals surface area contributed by atoms with E-state index in [1.807, 2.05) is 38.2 Å². The van der Waals surface area contributed by atoms with Crippen LogP contribution in [0.4, 0.5) is 10.5 Å². The molecular formula is C23H27N3O5. The first-order valence-electron chi connectivity index (χ1n) is 10.1. The third kappa shape index (κ3) is 5.14. The number of nitrogens with one attached hydrogen (secondary N) is 1. The van der Waals surface area contributed by atoms with E-state index in [4.69, 9.17) is 14.2 Å². The van der Waals surface area contributed by atoms with Gasteiger partial charge in [0.1, 0.15) is 5.75 Å². The Morgan fingerprint density at radius 2 is 1.94 bits per heavy atom. The Balaban J connectivity index is 1.87. The molecule has 0 spiro atoms. The van der Waals surface area contributed by atoms with E-state index in [2.05, 4.69) is 10.4 Å². The number of fused-ring (bicyclic) bond motifs is 1. The summed E-state index contributed by atoms with van der Waals surface area (Å²) in [5, 5.41) is 8.32. The van der Waals surface area contributed by atoms with E-state index in [0.29, 0.717) is 30.0 Å². The van der Waals surface area contributed by atoms with Gasteiger partial charge in [0.15, 0.2) is 0 Å². The van der Waals surface area contributed by atoms with Crippen molar-refractivity contribution in [3.05, 3.63) is 53.2 Å². The summed E-state index contributed by atoms with van der Waals surface area (Å²) in [5.74, 6) is 0.158. The summed E-state index contributed by atoms with van der Waals surface area (Å²) >= 11 is 0. The van der Waals surface area contributed by atoms with Crippen LogP contribution < -0.4 is 10.1 Å². The number of hydrogen-bond donors (Lipinski definition) is 1. The molecule has 0 fully saturated rings. The van der Waals surface area contributed by atoms with Gasteiger partial charge in [-0.2, -0.15) is 5.10 Å². The van der Waals surface area contributed by atoms with Crippen LogP contribution in [0.25, 0.3) is 10.9 Å². The van der Waals surface area contributed by atoms with Crippen LogP contribution in [0.1, 0.15) is 41.4 Å². The maximum absolute atomic E-state index is 12.0. The minimum atomic E-state index is -0.474. The monoisotopic (exact) mass is 425 g/mol. The molecule has 0 saturated heterocycles. The number of rotatable bonds is 8. The number of aryl methyl sites for hydroxylation is 1. The number of unbranched alkanes of at least 4 members (excludes halogenated alkanes) is 1. The molecule has 0 unspecified atom stereocenters. The van der Waals surface area contributed by atoms with Crippen LogP contribution in [0.15, 0.2) is 36.4 Å². The number of anilines is 1. The predicted molar refractivity (Wildman–Crippen MR) is 118 cm³/mol. The van der Waals surface area contributed by atoms with Gasteiger partial charge < -0.3 is 14.2 Å². The average Bonchev–Trinajstić information content (AvgIpc) is 3.08. The molecule has 0 bridgehead atoms. The van der Waals surface area contributed by atoms with Gasteiger partial charge in [-0.1, -0.05) is 19.4 Å². The van der Waals surface area contributed by atoms with Crippen molar-refractivity contribution in [1.29, 1.82) is 0 Å². The first-order chi connectivity index (χ1) is 15.0. The molecule has 1 amide bonds. The number of carbonyl (C=O) groups excluding carboxylic acids is 2. The SMILES string of the molecule is CCCCOC(=O)Nc1ccc2c(c1)c(Cc1ccc(C(=O)OC)cc1OC)nn2C. The highest BCUT2D eigenvalue weighted by Crippen LogP contribution is 2.28. The number of hydrogen-bond acceptors (Lipinski definition) is 6. The van der Waals surface area contributed by atoms with Crippen LogP contribution in [-0.2, 0) is 22.9 Å². The van der Waals surface area contributed by atoms with Gasteiger partial charge in [-0.25, -0.2) is 9.59 Å². The van der Waals surface area contributed by atoms with Crippen molar-refractivity contribution >= 4 is 28.7 Å². The molecule has 8 nitrogen and oxygen atoms in total. The van der Waals surface area contributed by atoms with E-state index >= 15 is 0 Å². The number of methoxy groups -OCH3 is 2. The minimum Gasteiger partial charge on any atom is -0.496 e. The standard InChI is InChI=1S/C23H27N3O5/c1-5-6-11-31-23(28)24-17-9-10-20-18(14-17)19(25-26(20)2)12-15-7-8-16(22(27)30-4)13-21(15)29-3/h7-10,13-14H,5-6,11-12H2,1-4H3,(H,24,28). The molecule has 3 aromatic rings. The van der Waals surface area contributed by atoms with Crippen LogP contribution >= 0.6 is 0 Å². The molecule has 0 aliphatic rings. The second-order valence-electron chi connectivity index (χ2n) is 7.11. The summed E-state index contributed by atoms with van der Waals surface area (Å²) in [5.41, 5.74) is 3.69. The lowest BCUT2D eigenvalue weighted by Crippen LogP contribution is -2.14. The maximum Gasteiger partial charge on any atom is 0.411 e. The van der Waals surface area contributed by atoms with Crippen LogP contribution in [0, 0.1) is 0 Å². The van der Waals surface area contributed by atoms with Gasteiger partial charge in [-0.15, -0.1) is 0 Å². The largest absolute Gasteiger partial charge is 0.496 e. The molecule has 0 aliphatic carbocycles. The van der Waals surface area contributed by atoms with Gasteiger partial charge in [-0.3, -0.25) is 10.00 Å². The third-order valence-corrected chi connectivity index (χ3v) is 4.97. The molecule has 31 heavy (non-hydrogen) atoms. The molecular weight excluding hydrogens is 398 g/mol. The van der Waals surface area contributed by atoms with Crippen molar-refractivity contribution in [1.82, 2.24) is 9.78 Å². The molecule has 164 valence electrons. The molecule has 0 radical (unpaired) electrons. The molecule has 3 rings (SSSR count). The number of ether oxygens (including phenoxy) is 3. The number of benzene rings is 2. The third-order valence-electron chi connectivity index (χ3n) is 4.97. The lowest BCUT2D eigenvalue weighted by atomic mass is 10.0. The summed E-state index contributed by atoms with van der Waals surface area (Å²) in [4.78, 5) is 23.8. The highest BCUT2D eigenvalue weighted by molar-refractivity contribution is 5.92. The zero-order chi connectivity index (χ0) is 22.4. The topological polar surface area (TPSA) is 91.7 Å². The fourth-order valence-corrected chi connectivity index (χ4v) is 3.33. The summed E-state index contributed by atoms with van der Waals surface area (Å²) in [6.07, 6.45) is 1.81. The molecule has 2 aromatic carbocycles. The average molecular weight is 425 g/mol. The number of carbonyl (C=O) groups is 2. The Morgan fingerprint density at radius 3 is 2.65 bits per heavy atom. The Labute approximate surface area is 181 Å². The predicted octanol–water partition coefficient (Wildman–Crippen LogP) is 4.31. The van der Waals surface area contributed by atoms with Crippen molar-refractivity contribution in [2.75, 3.05) is 26.1 Å². The van der Waals surface area contributed by atoms with E-state index in [9.17, 15) is 9.59 Å². The fraction of sp³-hybridized carbons (Fsp3) is 0.348. The van der Waals surface area contributed by atoms with Crippen molar-refractivity contribution in [2.45, 2.75) is 26.2 Å². The van der Waals surface area contributed by atoms with E-state index in [0.717, 1.165) is 35.0 Å². The molecule has 0 saturated carbocycles. The molecule has 0 aliphatic heterocycles. The second kappa shape index (κ2) is 9.97. The van der Waals surface area contributed by atoms with Gasteiger partial charge in [-0.05, 0) is 36.8 Å². The summed E-state index contributed by atoms with van der Waals surface area (Å²) in [6, 6.07) is 10.8. The van der Waals surface area contributed by atoms with Crippen LogP contribution in [0.5, 0.6) is 5.75 Å². The Morgan fingerprint density at radius 1 is 1.13 bits per heavy atom. The zero-order valence-electron chi connectivity index (χ0n) is 18.2. The van der Waals surface area contributed by atoms with Gasteiger partial charge in [0.2, 0.25) is 0 Å². The Bertz CT molecular complexity index is 1090. The molecule has 1 N–H and O–H groups in total. The van der Waals surface area contributed by atoms with Crippen molar-refractivity contribution in [3.8, 4) is 5.75 Å². The molecule has 1 heterocycles. The minimum absolute atomic E-state index is 0.393. The Hall–Kier alpha value is -3.55. The quantitative estimate of drug-likeness (QED) is 0.427. The van der Waals surface area contributed by atoms with Gasteiger partial charge in [0.05, 0.1) is 37.6 Å². The van der Waals surface area contributed by atoms with Crippen LogP contribution in [-0.4, -0.2) is 42.7 Å². The molecule has 1 aromatic heterocycles. The van der Waals surface area contributed by atoms with Crippen molar-refractivity contribution in [2.24, 2.45) is 7.05 Å². The zero-order valence-corrected chi connectivity index (χ0v) is 18.2. The lowest BCUT2D eigenvalue weighted by Gasteiger charge is -2.10. The molecule has 8 heteroatoms. The highest BCUT2D eigenvalue weighted by atomic mass is 16.5. The van der Waals surface area contributed by atoms with E-state index in [-0.39, 0.29) is 0 Å². The van der Waals surface area contributed by atoms with E-state index < -0.39 is 12.1 Å². The number of esters is 1. The van der Waals surface area contributed by atoms with E-state index in [1.165, 1.54) is 7.11 Å². The van der Waals surface area contributed by atoms with Crippen molar-refractivity contribution < 1.29 is 23.8 Å². The lowest BCUT2D eigenvalue weighted by molar-refractivity contribution is 0.0600. The normalized spacial score (nSPS) is 10.7. The van der Waals surface area contributed by atoms with Gasteiger partial charge in [0.25, 0.3) is 0 Å². The summed E-state index contributed by atoms with van der Waals surface area (Å²) in [7, 11) is 4.77. The number of nitrogens with zero attached hydrogens (tertiary/aromatic N) is 2. The Kier molecular flexibility index (Phi) is 7.12. The first kappa shape index (κ1) is 22.1. The second-order valence-corrected chi connectivity index (χ2v) is 7.11. The summed E-state index contributed by atoms with van der Waals surface area (Å²) < 4.78 is 17.2. The van der Waals surface area contributed by atoms with E-state index in [1.54, 1.807) is 23.9 Å².